The monoisotopic (exact) mass is 502 g/mol. The molecule has 2 amide bonds. The lowest BCUT2D eigenvalue weighted by Gasteiger charge is -2.31. The van der Waals surface area contributed by atoms with Crippen molar-refractivity contribution in [3.63, 3.8) is 0 Å². The molecule has 1 heterocycles. The predicted molar refractivity (Wildman–Crippen MR) is 122 cm³/mol. The maximum Gasteiger partial charge on any atom is 0.309 e. The summed E-state index contributed by atoms with van der Waals surface area (Å²) in [6.07, 6.45) is 2.42. The zero-order valence-corrected chi connectivity index (χ0v) is 19.2. The van der Waals surface area contributed by atoms with Gasteiger partial charge >= 0.3 is 5.97 Å². The molecule has 168 valence electrons. The van der Waals surface area contributed by atoms with Gasteiger partial charge in [0.15, 0.2) is 0 Å². The molecule has 0 spiro atoms. The van der Waals surface area contributed by atoms with E-state index in [0.717, 1.165) is 0 Å². The molecule has 0 bridgehead atoms. The molecule has 32 heavy (non-hydrogen) atoms. The zero-order chi connectivity index (χ0) is 23.1. The highest BCUT2D eigenvalue weighted by Crippen LogP contribution is 2.21. The van der Waals surface area contributed by atoms with Gasteiger partial charge in [0.2, 0.25) is 0 Å². The van der Waals surface area contributed by atoms with E-state index in [1.165, 1.54) is 24.3 Å². The first-order valence-corrected chi connectivity index (χ1v) is 11.2. The molecule has 3 rings (SSSR count). The summed E-state index contributed by atoms with van der Waals surface area (Å²) >= 11 is 3.34. The van der Waals surface area contributed by atoms with Gasteiger partial charge in [0.1, 0.15) is 11.5 Å². The number of carbonyl (C=O) groups excluding carboxylic acids is 3. The van der Waals surface area contributed by atoms with Crippen LogP contribution in [0, 0.1) is 11.7 Å². The van der Waals surface area contributed by atoms with E-state index in [0.29, 0.717) is 48.1 Å². The minimum Gasteiger partial charge on any atom is -0.466 e. The third-order valence-electron chi connectivity index (χ3n) is 5.16. The number of halogens is 2. The number of rotatable bonds is 6. The molecule has 1 N–H and O–H groups in total. The van der Waals surface area contributed by atoms with Crippen LogP contribution in [0.4, 0.5) is 4.39 Å². The molecular weight excluding hydrogens is 479 g/mol. The van der Waals surface area contributed by atoms with Crippen molar-refractivity contribution in [3.8, 4) is 0 Å². The van der Waals surface area contributed by atoms with Crippen molar-refractivity contribution in [1.29, 1.82) is 0 Å². The number of carbonyl (C=O) groups is 3. The fourth-order valence-corrected chi connectivity index (χ4v) is 3.96. The highest BCUT2D eigenvalue weighted by atomic mass is 79.9. The summed E-state index contributed by atoms with van der Waals surface area (Å²) in [7, 11) is 0. The maximum atomic E-state index is 13.7. The molecular formula is C24H24BrFN2O4. The van der Waals surface area contributed by atoms with Crippen LogP contribution >= 0.6 is 15.9 Å². The highest BCUT2D eigenvalue weighted by molar-refractivity contribution is 9.10. The summed E-state index contributed by atoms with van der Waals surface area (Å²) in [6.45, 7) is 2.79. The van der Waals surface area contributed by atoms with Crippen LogP contribution in [0.1, 0.15) is 35.7 Å². The van der Waals surface area contributed by atoms with Crippen LogP contribution in [0.2, 0.25) is 0 Å². The van der Waals surface area contributed by atoms with E-state index >= 15 is 0 Å². The number of likely N-dealkylation sites (tertiary alicyclic amines) is 1. The Labute approximate surface area is 194 Å². The SMILES string of the molecule is CCOC(=O)C1CCN(C(=O)/C(=C\c2cccc(F)c2)NC(=O)c2ccccc2Br)CC1. The zero-order valence-electron chi connectivity index (χ0n) is 17.6. The third kappa shape index (κ3) is 6.03. The van der Waals surface area contributed by atoms with E-state index in [-0.39, 0.29) is 17.6 Å². The van der Waals surface area contributed by atoms with Crippen LogP contribution in [0.25, 0.3) is 6.08 Å². The van der Waals surface area contributed by atoms with E-state index in [9.17, 15) is 18.8 Å². The Morgan fingerprint density at radius 2 is 1.88 bits per heavy atom. The molecule has 1 aliphatic heterocycles. The van der Waals surface area contributed by atoms with Gasteiger partial charge in [-0.2, -0.15) is 0 Å². The van der Waals surface area contributed by atoms with Crippen LogP contribution in [0.3, 0.4) is 0 Å². The normalized spacial score (nSPS) is 14.7. The van der Waals surface area contributed by atoms with Gasteiger partial charge in [-0.25, -0.2) is 4.39 Å². The summed E-state index contributed by atoms with van der Waals surface area (Å²) in [6, 6.07) is 12.6. The predicted octanol–water partition coefficient (Wildman–Crippen LogP) is 4.16. The Hall–Kier alpha value is -3.00. The first kappa shape index (κ1) is 23.7. The highest BCUT2D eigenvalue weighted by Gasteiger charge is 2.30. The summed E-state index contributed by atoms with van der Waals surface area (Å²) in [5.41, 5.74) is 0.847. The fourth-order valence-electron chi connectivity index (χ4n) is 3.50. The standard InChI is InChI=1S/C24H24BrFN2O4/c1-2-32-24(31)17-10-12-28(13-11-17)23(30)21(15-16-6-5-7-18(26)14-16)27-22(29)19-8-3-4-9-20(19)25/h3-9,14-15,17H,2,10-13H2,1H3,(H,27,29)/b21-15+. The van der Waals surface area contributed by atoms with Gasteiger partial charge in [0.25, 0.3) is 11.8 Å². The Morgan fingerprint density at radius 1 is 1.16 bits per heavy atom. The lowest BCUT2D eigenvalue weighted by Crippen LogP contribution is -2.44. The van der Waals surface area contributed by atoms with Gasteiger partial charge < -0.3 is 15.0 Å². The van der Waals surface area contributed by atoms with Crippen LogP contribution in [-0.4, -0.2) is 42.4 Å². The van der Waals surface area contributed by atoms with Crippen molar-refractivity contribution in [2.45, 2.75) is 19.8 Å². The molecule has 0 unspecified atom stereocenters. The second-order valence-electron chi connectivity index (χ2n) is 7.37. The lowest BCUT2D eigenvalue weighted by molar-refractivity contribution is -0.150. The molecule has 0 atom stereocenters. The van der Waals surface area contributed by atoms with Gasteiger partial charge in [-0.15, -0.1) is 0 Å². The first-order chi connectivity index (χ1) is 15.4. The van der Waals surface area contributed by atoms with E-state index in [2.05, 4.69) is 21.2 Å². The van der Waals surface area contributed by atoms with Gasteiger partial charge in [-0.05, 0) is 71.6 Å². The Kier molecular flexibility index (Phi) is 8.16. The lowest BCUT2D eigenvalue weighted by atomic mass is 9.96. The second kappa shape index (κ2) is 11.0. The molecule has 0 saturated carbocycles. The summed E-state index contributed by atoms with van der Waals surface area (Å²) in [4.78, 5) is 39.7. The van der Waals surface area contributed by atoms with E-state index in [4.69, 9.17) is 4.74 Å². The van der Waals surface area contributed by atoms with E-state index in [1.54, 1.807) is 42.2 Å². The number of piperidine rings is 1. The number of hydrogen-bond acceptors (Lipinski definition) is 4. The van der Waals surface area contributed by atoms with Crippen molar-refractivity contribution in [3.05, 3.63) is 75.6 Å². The molecule has 1 saturated heterocycles. The second-order valence-corrected chi connectivity index (χ2v) is 8.22. The summed E-state index contributed by atoms with van der Waals surface area (Å²) in [5, 5.41) is 2.68. The third-order valence-corrected chi connectivity index (χ3v) is 5.85. The molecule has 2 aromatic carbocycles. The fraction of sp³-hybridized carbons (Fsp3) is 0.292. The van der Waals surface area contributed by atoms with Crippen LogP contribution in [-0.2, 0) is 14.3 Å². The number of ether oxygens (including phenoxy) is 1. The molecule has 6 nitrogen and oxygen atoms in total. The number of benzene rings is 2. The van der Waals surface area contributed by atoms with Gasteiger partial charge in [-0.3, -0.25) is 14.4 Å². The minimum atomic E-state index is -0.463. The number of hydrogen-bond donors (Lipinski definition) is 1. The van der Waals surface area contributed by atoms with Crippen molar-refractivity contribution < 1.29 is 23.5 Å². The van der Waals surface area contributed by atoms with Gasteiger partial charge in [-0.1, -0.05) is 24.3 Å². The molecule has 2 aromatic rings. The summed E-state index contributed by atoms with van der Waals surface area (Å²) < 4.78 is 19.3. The Bertz CT molecular complexity index is 1030. The molecule has 1 fully saturated rings. The van der Waals surface area contributed by atoms with Crippen molar-refractivity contribution in [1.82, 2.24) is 10.2 Å². The molecule has 1 aliphatic rings. The number of nitrogens with zero attached hydrogens (tertiary/aromatic N) is 1. The van der Waals surface area contributed by atoms with Crippen molar-refractivity contribution >= 4 is 39.8 Å². The van der Waals surface area contributed by atoms with Crippen LogP contribution < -0.4 is 5.32 Å². The van der Waals surface area contributed by atoms with E-state index in [1.807, 2.05) is 0 Å². The van der Waals surface area contributed by atoms with Crippen molar-refractivity contribution in [2.24, 2.45) is 5.92 Å². The molecule has 0 aliphatic carbocycles. The average molecular weight is 503 g/mol. The first-order valence-electron chi connectivity index (χ1n) is 10.4. The van der Waals surface area contributed by atoms with E-state index < -0.39 is 17.6 Å². The number of nitrogens with one attached hydrogen (secondary N) is 1. The number of esters is 1. The smallest absolute Gasteiger partial charge is 0.309 e. The molecule has 0 aromatic heterocycles. The van der Waals surface area contributed by atoms with Crippen LogP contribution in [0.5, 0.6) is 0 Å². The Morgan fingerprint density at radius 3 is 2.53 bits per heavy atom. The topological polar surface area (TPSA) is 75.7 Å². The number of amides is 2. The van der Waals surface area contributed by atoms with Crippen molar-refractivity contribution in [2.75, 3.05) is 19.7 Å². The summed E-state index contributed by atoms with van der Waals surface area (Å²) in [5.74, 6) is -1.80. The maximum absolute atomic E-state index is 13.7. The Balaban J connectivity index is 1.81. The van der Waals surface area contributed by atoms with Gasteiger partial charge in [0.05, 0.1) is 18.1 Å². The molecule has 8 heteroatoms. The largest absolute Gasteiger partial charge is 0.466 e. The minimum absolute atomic E-state index is 0.0333. The molecule has 0 radical (unpaired) electrons. The average Bonchev–Trinajstić information content (AvgIpc) is 2.78. The quantitative estimate of drug-likeness (QED) is 0.475. The van der Waals surface area contributed by atoms with Crippen LogP contribution in [0.15, 0.2) is 58.7 Å². The van der Waals surface area contributed by atoms with Gasteiger partial charge in [0, 0.05) is 17.6 Å².